The van der Waals surface area contributed by atoms with Gasteiger partial charge in [-0.1, -0.05) is 27.7 Å². The number of carbonyl (C=O) groups is 1. The summed E-state index contributed by atoms with van der Waals surface area (Å²) in [5.74, 6) is 0.442. The minimum Gasteiger partial charge on any atom is -0.298 e. The SMILES string of the molecule is CCC(C)(C(=O)CCC(C)(C)C)N1CCCC1. The molecule has 100 valence electrons. The lowest BCUT2D eigenvalue weighted by molar-refractivity contribution is -0.130. The summed E-state index contributed by atoms with van der Waals surface area (Å²) in [5, 5.41) is 0. The van der Waals surface area contributed by atoms with Crippen molar-refractivity contribution in [2.24, 2.45) is 5.41 Å². The van der Waals surface area contributed by atoms with E-state index >= 15 is 0 Å². The molecular weight excluding hydrogens is 210 g/mol. The van der Waals surface area contributed by atoms with Crippen LogP contribution < -0.4 is 0 Å². The Balaban J connectivity index is 2.62. The maximum Gasteiger partial charge on any atom is 0.152 e. The largest absolute Gasteiger partial charge is 0.298 e. The molecule has 0 aromatic heterocycles. The van der Waals surface area contributed by atoms with Crippen LogP contribution in [0.2, 0.25) is 0 Å². The number of nitrogens with zero attached hydrogens (tertiary/aromatic N) is 1. The van der Waals surface area contributed by atoms with Gasteiger partial charge in [0, 0.05) is 6.42 Å². The van der Waals surface area contributed by atoms with Crippen molar-refractivity contribution in [1.29, 1.82) is 0 Å². The summed E-state index contributed by atoms with van der Waals surface area (Å²) in [4.78, 5) is 14.9. The highest BCUT2D eigenvalue weighted by Crippen LogP contribution is 2.29. The Hall–Kier alpha value is -0.370. The first-order chi connectivity index (χ1) is 7.79. The van der Waals surface area contributed by atoms with E-state index in [4.69, 9.17) is 0 Å². The highest BCUT2D eigenvalue weighted by molar-refractivity contribution is 5.88. The number of carbonyl (C=O) groups excluding carboxylic acids is 1. The zero-order chi connectivity index (χ0) is 13.1. The Labute approximate surface area is 107 Å². The molecule has 2 heteroatoms. The molecular formula is C15H29NO. The lowest BCUT2D eigenvalue weighted by Crippen LogP contribution is -2.50. The van der Waals surface area contributed by atoms with E-state index in [9.17, 15) is 4.79 Å². The molecule has 0 spiro atoms. The number of Topliss-reactive ketones (excluding diaryl/α,β-unsaturated/α-hetero) is 1. The van der Waals surface area contributed by atoms with Crippen molar-refractivity contribution in [3.63, 3.8) is 0 Å². The van der Waals surface area contributed by atoms with Gasteiger partial charge in [0.05, 0.1) is 5.54 Å². The Kier molecular flexibility index (Phi) is 4.77. The first kappa shape index (κ1) is 14.7. The summed E-state index contributed by atoms with van der Waals surface area (Å²) >= 11 is 0. The molecule has 0 amide bonds. The molecule has 1 aliphatic rings. The maximum absolute atomic E-state index is 12.5. The van der Waals surface area contributed by atoms with Gasteiger partial charge in [0.25, 0.3) is 0 Å². The van der Waals surface area contributed by atoms with Crippen molar-refractivity contribution >= 4 is 5.78 Å². The first-order valence-electron chi connectivity index (χ1n) is 7.08. The topological polar surface area (TPSA) is 20.3 Å². The van der Waals surface area contributed by atoms with E-state index in [0.717, 1.165) is 32.4 Å². The maximum atomic E-state index is 12.5. The molecule has 2 nitrogen and oxygen atoms in total. The van der Waals surface area contributed by atoms with Crippen LogP contribution in [0.1, 0.15) is 66.7 Å². The quantitative estimate of drug-likeness (QED) is 0.730. The smallest absolute Gasteiger partial charge is 0.152 e. The number of ketones is 1. The molecule has 0 radical (unpaired) electrons. The lowest BCUT2D eigenvalue weighted by Gasteiger charge is -2.37. The third-order valence-corrected chi connectivity index (χ3v) is 4.20. The predicted octanol–water partition coefficient (Wildman–Crippen LogP) is 3.65. The lowest BCUT2D eigenvalue weighted by atomic mass is 9.83. The summed E-state index contributed by atoms with van der Waals surface area (Å²) in [7, 11) is 0. The van der Waals surface area contributed by atoms with Gasteiger partial charge in [-0.15, -0.1) is 0 Å². The van der Waals surface area contributed by atoms with Crippen molar-refractivity contribution in [2.45, 2.75) is 72.3 Å². The second kappa shape index (κ2) is 5.51. The molecule has 0 bridgehead atoms. The molecule has 1 atom stereocenters. The van der Waals surface area contributed by atoms with E-state index in [0.29, 0.717) is 5.78 Å². The summed E-state index contributed by atoms with van der Waals surface area (Å²) < 4.78 is 0. The molecule has 0 N–H and O–H groups in total. The summed E-state index contributed by atoms with van der Waals surface area (Å²) in [6.07, 6.45) is 5.17. The summed E-state index contributed by atoms with van der Waals surface area (Å²) in [6, 6.07) is 0. The fourth-order valence-electron chi connectivity index (χ4n) is 2.57. The van der Waals surface area contributed by atoms with Crippen LogP contribution in [-0.4, -0.2) is 29.3 Å². The minimum absolute atomic E-state index is 0.207. The molecule has 0 aromatic carbocycles. The normalized spacial score (nSPS) is 21.5. The predicted molar refractivity (Wildman–Crippen MR) is 73.2 cm³/mol. The molecule has 1 fully saturated rings. The van der Waals surface area contributed by atoms with E-state index < -0.39 is 0 Å². The number of rotatable bonds is 5. The fourth-order valence-corrected chi connectivity index (χ4v) is 2.57. The number of likely N-dealkylation sites (tertiary alicyclic amines) is 1. The van der Waals surface area contributed by atoms with Gasteiger partial charge in [-0.3, -0.25) is 9.69 Å². The Morgan fingerprint density at radius 3 is 2.06 bits per heavy atom. The van der Waals surface area contributed by atoms with Gasteiger partial charge in [-0.2, -0.15) is 0 Å². The standard InChI is InChI=1S/C15H29NO/c1-6-15(5,16-11-7-8-12-16)13(17)9-10-14(2,3)4/h6-12H2,1-5H3. The van der Waals surface area contributed by atoms with Crippen LogP contribution in [0.25, 0.3) is 0 Å². The first-order valence-corrected chi connectivity index (χ1v) is 7.08. The number of hydrogen-bond donors (Lipinski definition) is 0. The van der Waals surface area contributed by atoms with Gasteiger partial charge in [-0.05, 0) is 51.1 Å². The van der Waals surface area contributed by atoms with Gasteiger partial charge >= 0.3 is 0 Å². The average molecular weight is 239 g/mol. The van der Waals surface area contributed by atoms with E-state index in [1.165, 1.54) is 12.8 Å². The second-order valence-electron chi connectivity index (χ2n) is 6.81. The van der Waals surface area contributed by atoms with Crippen LogP contribution in [-0.2, 0) is 4.79 Å². The molecule has 0 aliphatic carbocycles. The van der Waals surface area contributed by atoms with Crippen molar-refractivity contribution in [2.75, 3.05) is 13.1 Å². The second-order valence-corrected chi connectivity index (χ2v) is 6.81. The Morgan fingerprint density at radius 1 is 1.12 bits per heavy atom. The van der Waals surface area contributed by atoms with Crippen LogP contribution >= 0.6 is 0 Å². The van der Waals surface area contributed by atoms with Crippen molar-refractivity contribution in [3.8, 4) is 0 Å². The highest BCUT2D eigenvalue weighted by atomic mass is 16.1. The summed E-state index contributed by atoms with van der Waals surface area (Å²) in [6.45, 7) is 13.1. The average Bonchev–Trinajstić information content (AvgIpc) is 2.77. The molecule has 1 unspecified atom stereocenters. The van der Waals surface area contributed by atoms with E-state index in [1.807, 2.05) is 0 Å². The van der Waals surface area contributed by atoms with Crippen molar-refractivity contribution < 1.29 is 4.79 Å². The Morgan fingerprint density at radius 2 is 1.65 bits per heavy atom. The molecule has 0 saturated carbocycles. The monoisotopic (exact) mass is 239 g/mol. The number of hydrogen-bond acceptors (Lipinski definition) is 2. The third kappa shape index (κ3) is 3.80. The van der Waals surface area contributed by atoms with Crippen molar-refractivity contribution in [3.05, 3.63) is 0 Å². The zero-order valence-corrected chi connectivity index (χ0v) is 12.3. The van der Waals surface area contributed by atoms with Crippen LogP contribution in [0.4, 0.5) is 0 Å². The highest BCUT2D eigenvalue weighted by Gasteiger charge is 2.38. The molecule has 1 saturated heterocycles. The fraction of sp³-hybridized carbons (Fsp3) is 0.933. The summed E-state index contributed by atoms with van der Waals surface area (Å²) in [5.41, 5.74) is 0.0526. The van der Waals surface area contributed by atoms with E-state index in [2.05, 4.69) is 39.5 Å². The van der Waals surface area contributed by atoms with Crippen molar-refractivity contribution in [1.82, 2.24) is 4.90 Å². The van der Waals surface area contributed by atoms with Gasteiger partial charge in [0.15, 0.2) is 5.78 Å². The van der Waals surface area contributed by atoms with Gasteiger partial charge in [-0.25, -0.2) is 0 Å². The van der Waals surface area contributed by atoms with Gasteiger partial charge in [0.1, 0.15) is 0 Å². The van der Waals surface area contributed by atoms with Crippen LogP contribution in [0, 0.1) is 5.41 Å². The van der Waals surface area contributed by atoms with Crippen LogP contribution in [0.5, 0.6) is 0 Å². The third-order valence-electron chi connectivity index (χ3n) is 4.20. The van der Waals surface area contributed by atoms with Gasteiger partial charge < -0.3 is 0 Å². The minimum atomic E-state index is -0.207. The molecule has 17 heavy (non-hydrogen) atoms. The van der Waals surface area contributed by atoms with E-state index in [-0.39, 0.29) is 11.0 Å². The van der Waals surface area contributed by atoms with Gasteiger partial charge in [0.2, 0.25) is 0 Å². The Bertz CT molecular complexity index is 261. The van der Waals surface area contributed by atoms with E-state index in [1.54, 1.807) is 0 Å². The van der Waals surface area contributed by atoms with Crippen LogP contribution in [0.3, 0.4) is 0 Å². The van der Waals surface area contributed by atoms with Crippen LogP contribution in [0.15, 0.2) is 0 Å². The zero-order valence-electron chi connectivity index (χ0n) is 12.3. The molecule has 1 aliphatic heterocycles. The molecule has 1 heterocycles. The molecule has 0 aromatic rings. The molecule has 1 rings (SSSR count).